The number of benzene rings is 1. The molecule has 0 atom stereocenters. The van der Waals surface area contributed by atoms with Crippen molar-refractivity contribution in [2.75, 3.05) is 5.43 Å². The summed E-state index contributed by atoms with van der Waals surface area (Å²) >= 11 is 0. The van der Waals surface area contributed by atoms with Gasteiger partial charge in [0.1, 0.15) is 11.5 Å². The summed E-state index contributed by atoms with van der Waals surface area (Å²) in [5.41, 5.74) is 2.62. The number of phenolic OH excluding ortho intramolecular Hbond substituents is 2. The molecule has 0 amide bonds. The summed E-state index contributed by atoms with van der Waals surface area (Å²) in [6.45, 7) is 0. The molecule has 0 saturated heterocycles. The Hall–Kier alpha value is -3.56. The van der Waals surface area contributed by atoms with Crippen LogP contribution in [0.5, 0.6) is 11.5 Å². The van der Waals surface area contributed by atoms with Gasteiger partial charge in [0.2, 0.25) is 5.95 Å². The fraction of sp³-hybridized carbons (Fsp3) is 0.200. The number of fused-ring (bicyclic) bond motifs is 1. The fourth-order valence-corrected chi connectivity index (χ4v) is 2.42. The van der Waals surface area contributed by atoms with Crippen LogP contribution < -0.4 is 16.7 Å². The molecule has 0 aliphatic heterocycles. The summed E-state index contributed by atoms with van der Waals surface area (Å²) in [5.74, 6) is 0.0596. The zero-order valence-corrected chi connectivity index (χ0v) is 13.8. The minimum atomic E-state index is -0.473. The van der Waals surface area contributed by atoms with Gasteiger partial charge >= 0.3 is 5.69 Å². The predicted molar refractivity (Wildman–Crippen MR) is 92.2 cm³/mol. The normalized spacial score (nSPS) is 11.5. The van der Waals surface area contributed by atoms with Crippen molar-refractivity contribution in [3.05, 3.63) is 44.6 Å². The van der Waals surface area contributed by atoms with E-state index in [4.69, 9.17) is 0 Å². The zero-order chi connectivity index (χ0) is 18.3. The number of rotatable bonds is 3. The molecule has 3 rings (SSSR count). The highest BCUT2D eigenvalue weighted by atomic mass is 16.3. The van der Waals surface area contributed by atoms with Crippen molar-refractivity contribution in [3.63, 3.8) is 0 Å². The van der Waals surface area contributed by atoms with Crippen LogP contribution in [0.2, 0.25) is 0 Å². The second-order valence-electron chi connectivity index (χ2n) is 5.49. The zero-order valence-electron chi connectivity index (χ0n) is 13.8. The number of anilines is 1. The van der Waals surface area contributed by atoms with Crippen molar-refractivity contribution in [1.29, 1.82) is 0 Å². The monoisotopic (exact) mass is 344 g/mol. The first kappa shape index (κ1) is 16.3. The first-order valence-corrected chi connectivity index (χ1v) is 7.24. The Kier molecular flexibility index (Phi) is 3.79. The van der Waals surface area contributed by atoms with Crippen LogP contribution in [0.15, 0.2) is 32.9 Å². The van der Waals surface area contributed by atoms with Crippen LogP contribution in [0.3, 0.4) is 0 Å². The van der Waals surface area contributed by atoms with Gasteiger partial charge < -0.3 is 14.8 Å². The first-order chi connectivity index (χ1) is 11.8. The average molecular weight is 344 g/mol. The number of nitrogens with one attached hydrogen (secondary N) is 1. The van der Waals surface area contributed by atoms with Crippen molar-refractivity contribution in [2.45, 2.75) is 0 Å². The minimum Gasteiger partial charge on any atom is -0.508 e. The van der Waals surface area contributed by atoms with Crippen LogP contribution in [0, 0.1) is 0 Å². The molecule has 0 radical (unpaired) electrons. The number of aryl methyl sites for hydroxylation is 2. The average Bonchev–Trinajstić information content (AvgIpc) is 2.90. The van der Waals surface area contributed by atoms with E-state index in [1.165, 1.54) is 47.6 Å². The summed E-state index contributed by atoms with van der Waals surface area (Å²) < 4.78 is 3.77. The molecule has 1 aromatic carbocycles. The van der Waals surface area contributed by atoms with E-state index in [9.17, 15) is 19.8 Å². The maximum Gasteiger partial charge on any atom is 0.332 e. The van der Waals surface area contributed by atoms with E-state index in [-0.39, 0.29) is 28.6 Å². The van der Waals surface area contributed by atoms with E-state index in [1.54, 1.807) is 7.05 Å². The molecule has 10 heteroatoms. The van der Waals surface area contributed by atoms with E-state index in [2.05, 4.69) is 15.5 Å². The van der Waals surface area contributed by atoms with Gasteiger partial charge in [-0.2, -0.15) is 10.1 Å². The van der Waals surface area contributed by atoms with Crippen molar-refractivity contribution in [3.8, 4) is 11.5 Å². The number of hydrazone groups is 1. The maximum absolute atomic E-state index is 12.3. The van der Waals surface area contributed by atoms with Gasteiger partial charge in [0, 0.05) is 32.8 Å². The van der Waals surface area contributed by atoms with Gasteiger partial charge in [0.05, 0.1) is 6.21 Å². The van der Waals surface area contributed by atoms with Gasteiger partial charge in [0.15, 0.2) is 11.2 Å². The topological polar surface area (TPSA) is 127 Å². The molecular formula is C15H16N6O4. The molecule has 3 N–H and O–H groups in total. The van der Waals surface area contributed by atoms with Crippen LogP contribution in [0.25, 0.3) is 11.2 Å². The second kappa shape index (κ2) is 5.82. The third-order valence-corrected chi connectivity index (χ3v) is 3.86. The molecule has 3 aromatic rings. The summed E-state index contributed by atoms with van der Waals surface area (Å²) in [4.78, 5) is 28.5. The molecule has 0 aliphatic rings. The largest absolute Gasteiger partial charge is 0.508 e. The number of nitrogens with zero attached hydrogens (tertiary/aromatic N) is 5. The lowest BCUT2D eigenvalue weighted by atomic mass is 10.2. The summed E-state index contributed by atoms with van der Waals surface area (Å²) in [6, 6.07) is 4.09. The Labute approximate surface area is 140 Å². The van der Waals surface area contributed by atoms with Gasteiger partial charge in [-0.1, -0.05) is 0 Å². The van der Waals surface area contributed by atoms with E-state index in [0.717, 1.165) is 4.57 Å². The van der Waals surface area contributed by atoms with E-state index >= 15 is 0 Å². The second-order valence-corrected chi connectivity index (χ2v) is 5.49. The van der Waals surface area contributed by atoms with Gasteiger partial charge in [-0.05, 0) is 12.1 Å². The fourth-order valence-electron chi connectivity index (χ4n) is 2.42. The summed E-state index contributed by atoms with van der Waals surface area (Å²) in [5, 5.41) is 22.9. The molecule has 0 unspecified atom stereocenters. The molecule has 25 heavy (non-hydrogen) atoms. The Bertz CT molecular complexity index is 1120. The van der Waals surface area contributed by atoms with Crippen molar-refractivity contribution >= 4 is 23.3 Å². The van der Waals surface area contributed by atoms with Crippen LogP contribution in [0.1, 0.15) is 5.56 Å². The lowest BCUT2D eigenvalue weighted by molar-refractivity contribution is 0.450. The molecule has 130 valence electrons. The molecule has 0 saturated carbocycles. The van der Waals surface area contributed by atoms with Gasteiger partial charge in [0.25, 0.3) is 5.56 Å². The highest BCUT2D eigenvalue weighted by Crippen LogP contribution is 2.21. The predicted octanol–water partition coefficient (Wildman–Crippen LogP) is -0.172. The van der Waals surface area contributed by atoms with E-state index in [1.807, 2.05) is 0 Å². The highest BCUT2D eigenvalue weighted by molar-refractivity contribution is 5.84. The molecule has 10 nitrogen and oxygen atoms in total. The van der Waals surface area contributed by atoms with Crippen LogP contribution >= 0.6 is 0 Å². The number of hydrogen-bond acceptors (Lipinski definition) is 7. The van der Waals surface area contributed by atoms with Crippen LogP contribution in [-0.2, 0) is 21.1 Å². The molecule has 0 bridgehead atoms. The smallest absolute Gasteiger partial charge is 0.332 e. The number of phenols is 2. The molecule has 2 heterocycles. The summed E-state index contributed by atoms with van der Waals surface area (Å²) in [6.07, 6.45) is 1.34. The lowest BCUT2D eigenvalue weighted by Crippen LogP contribution is -2.37. The molecule has 0 aliphatic carbocycles. The van der Waals surface area contributed by atoms with Crippen molar-refractivity contribution in [2.24, 2.45) is 26.2 Å². The van der Waals surface area contributed by atoms with Gasteiger partial charge in [-0.15, -0.1) is 0 Å². The Morgan fingerprint density at radius 3 is 2.52 bits per heavy atom. The SMILES string of the molecule is Cn1c(=O)c2c(nc(N/N=C/c3ccc(O)cc3O)n2C)n(C)c1=O. The lowest BCUT2D eigenvalue weighted by Gasteiger charge is -2.03. The third-order valence-electron chi connectivity index (χ3n) is 3.86. The Morgan fingerprint density at radius 1 is 1.12 bits per heavy atom. The first-order valence-electron chi connectivity index (χ1n) is 7.24. The van der Waals surface area contributed by atoms with Crippen LogP contribution in [-0.4, -0.2) is 35.1 Å². The van der Waals surface area contributed by atoms with Crippen molar-refractivity contribution < 1.29 is 10.2 Å². The molecule has 0 fully saturated rings. The van der Waals surface area contributed by atoms with E-state index < -0.39 is 11.2 Å². The van der Waals surface area contributed by atoms with Crippen LogP contribution in [0.4, 0.5) is 5.95 Å². The Balaban J connectivity index is 2.00. The number of aromatic nitrogens is 4. The van der Waals surface area contributed by atoms with E-state index in [0.29, 0.717) is 5.56 Å². The maximum atomic E-state index is 12.3. The number of hydrogen-bond donors (Lipinski definition) is 3. The molecule has 2 aromatic heterocycles. The van der Waals surface area contributed by atoms with Gasteiger partial charge in [-0.25, -0.2) is 10.2 Å². The summed E-state index contributed by atoms with van der Waals surface area (Å²) in [7, 11) is 4.55. The highest BCUT2D eigenvalue weighted by Gasteiger charge is 2.16. The number of aromatic hydroxyl groups is 2. The molecular weight excluding hydrogens is 328 g/mol. The Morgan fingerprint density at radius 2 is 1.84 bits per heavy atom. The standard InChI is InChI=1S/C15H16N6O4/c1-19-11-12(20(2)15(25)21(3)13(11)24)17-14(19)18-16-7-8-4-5-9(22)6-10(8)23/h4-7,22-23H,1-3H3,(H,17,18)/b16-7+. The molecule has 0 spiro atoms. The minimum absolute atomic E-state index is 0.0604. The quantitative estimate of drug-likeness (QED) is 0.447. The van der Waals surface area contributed by atoms with Crippen molar-refractivity contribution in [1.82, 2.24) is 18.7 Å². The number of imidazole rings is 1. The third kappa shape index (κ3) is 2.63. The van der Waals surface area contributed by atoms with Gasteiger partial charge in [-0.3, -0.25) is 13.9 Å².